The van der Waals surface area contributed by atoms with Crippen molar-refractivity contribution in [2.45, 2.75) is 27.7 Å². The van der Waals surface area contributed by atoms with Crippen LogP contribution in [0, 0.1) is 33.1 Å². The molecule has 0 saturated heterocycles. The molecule has 122 valence electrons. The molecule has 0 saturated carbocycles. The molecular weight excluding hydrogens is 284 g/mol. The van der Waals surface area contributed by atoms with Crippen LogP contribution in [-0.4, -0.2) is 36.0 Å². The topological polar surface area (TPSA) is 47.3 Å². The van der Waals surface area contributed by atoms with E-state index in [4.69, 9.17) is 10.5 Å². The summed E-state index contributed by atoms with van der Waals surface area (Å²) in [6.07, 6.45) is 0. The Balaban J connectivity index is 2.47. The maximum absolute atomic E-state index is 9.05. The summed E-state index contributed by atoms with van der Waals surface area (Å²) in [6, 6.07) is 10.7. The van der Waals surface area contributed by atoms with Crippen molar-refractivity contribution in [3.05, 3.63) is 58.1 Å². The lowest BCUT2D eigenvalue weighted by Crippen LogP contribution is -2.29. The van der Waals surface area contributed by atoms with Gasteiger partial charge in [-0.15, -0.1) is 0 Å². The number of nitrogens with zero attached hydrogens (tertiary/aromatic N) is 1. The van der Waals surface area contributed by atoms with E-state index in [1.807, 2.05) is 7.05 Å². The zero-order valence-corrected chi connectivity index (χ0v) is 14.7. The largest absolute Gasteiger partial charge is 0.395 e. The van der Waals surface area contributed by atoms with Gasteiger partial charge in [0.25, 0.3) is 0 Å². The molecule has 0 amide bonds. The summed E-state index contributed by atoms with van der Waals surface area (Å²) in [5.74, 6) is 0.442. The van der Waals surface area contributed by atoms with Crippen LogP contribution in [0.25, 0.3) is 11.1 Å². The molecule has 0 aliphatic carbocycles. The molecule has 2 rings (SSSR count). The van der Waals surface area contributed by atoms with E-state index >= 15 is 0 Å². The fourth-order valence-corrected chi connectivity index (χ4v) is 3.10. The summed E-state index contributed by atoms with van der Waals surface area (Å²) in [6.45, 7) is 8.98. The predicted octanol–water partition coefficient (Wildman–Crippen LogP) is 3.84. The van der Waals surface area contributed by atoms with Gasteiger partial charge in [0.15, 0.2) is 0 Å². The monoisotopic (exact) mass is 310 g/mol. The van der Waals surface area contributed by atoms with Gasteiger partial charge in [0.2, 0.25) is 0 Å². The molecule has 2 aromatic carbocycles. The number of aliphatic hydroxyl groups is 1. The van der Waals surface area contributed by atoms with Crippen LogP contribution >= 0.6 is 0 Å². The molecule has 23 heavy (non-hydrogen) atoms. The van der Waals surface area contributed by atoms with Gasteiger partial charge < -0.3 is 10.0 Å². The van der Waals surface area contributed by atoms with Crippen LogP contribution in [0.2, 0.25) is 0 Å². The third-order valence-electron chi connectivity index (χ3n) is 4.27. The normalized spacial score (nSPS) is 10.7. The van der Waals surface area contributed by atoms with Crippen molar-refractivity contribution in [2.75, 3.05) is 20.2 Å². The highest BCUT2D eigenvalue weighted by molar-refractivity contribution is 5.97. The quantitative estimate of drug-likeness (QED) is 0.666. The lowest BCUT2D eigenvalue weighted by molar-refractivity contribution is 0.263. The molecule has 0 aliphatic rings. The van der Waals surface area contributed by atoms with E-state index in [1.165, 1.54) is 33.4 Å². The number of hydrogen-bond donors (Lipinski definition) is 2. The Kier molecular flexibility index (Phi) is 5.22. The maximum Gasteiger partial charge on any atom is 0.127 e. The van der Waals surface area contributed by atoms with Gasteiger partial charge >= 0.3 is 0 Å². The molecular formula is C20H26N2O. The Morgan fingerprint density at radius 3 is 2.13 bits per heavy atom. The summed E-state index contributed by atoms with van der Waals surface area (Å²) >= 11 is 0. The average Bonchev–Trinajstić information content (AvgIpc) is 2.48. The predicted molar refractivity (Wildman–Crippen MR) is 97.4 cm³/mol. The van der Waals surface area contributed by atoms with Crippen LogP contribution in [-0.2, 0) is 0 Å². The minimum Gasteiger partial charge on any atom is -0.395 e. The number of aliphatic hydroxyl groups excluding tert-OH is 1. The number of nitrogens with one attached hydrogen (secondary N) is 1. The highest BCUT2D eigenvalue weighted by atomic mass is 16.3. The Hall–Kier alpha value is -2.13. The molecule has 0 heterocycles. The van der Waals surface area contributed by atoms with Crippen molar-refractivity contribution in [3.8, 4) is 11.1 Å². The SMILES string of the molecule is Cc1ccc(-c2c(C)cc(C(=N)N(C)CCO)cc2C)c(C)c1. The standard InChI is InChI=1S/C20H26N2O/c1-13-6-7-18(14(2)10-13)19-15(3)11-17(12-16(19)4)20(21)22(5)8-9-23/h6-7,10-12,21,23H,8-9H2,1-5H3. The number of aryl methyl sites for hydroxylation is 4. The van der Waals surface area contributed by atoms with E-state index < -0.39 is 0 Å². The van der Waals surface area contributed by atoms with Gasteiger partial charge in [0.05, 0.1) is 6.61 Å². The zero-order chi connectivity index (χ0) is 17.1. The molecule has 0 fully saturated rings. The number of likely N-dealkylation sites (N-methyl/N-ethyl adjacent to an activating group) is 1. The number of amidine groups is 1. The van der Waals surface area contributed by atoms with Gasteiger partial charge in [-0.25, -0.2) is 0 Å². The van der Waals surface area contributed by atoms with Gasteiger partial charge in [-0.3, -0.25) is 5.41 Å². The van der Waals surface area contributed by atoms with E-state index in [2.05, 4.69) is 58.0 Å². The second kappa shape index (κ2) is 6.97. The maximum atomic E-state index is 9.05. The lowest BCUT2D eigenvalue weighted by atomic mass is 9.90. The molecule has 0 aromatic heterocycles. The first-order chi connectivity index (χ1) is 10.8. The Morgan fingerprint density at radius 2 is 1.61 bits per heavy atom. The Labute approximate surface area is 139 Å². The lowest BCUT2D eigenvalue weighted by Gasteiger charge is -2.21. The minimum atomic E-state index is 0.0531. The highest BCUT2D eigenvalue weighted by Crippen LogP contribution is 2.31. The van der Waals surface area contributed by atoms with Crippen molar-refractivity contribution >= 4 is 5.84 Å². The van der Waals surface area contributed by atoms with Crippen molar-refractivity contribution in [1.82, 2.24) is 4.90 Å². The second-order valence-electron chi connectivity index (χ2n) is 6.30. The minimum absolute atomic E-state index is 0.0531. The van der Waals surface area contributed by atoms with Crippen molar-refractivity contribution < 1.29 is 5.11 Å². The summed E-state index contributed by atoms with van der Waals surface area (Å²) in [5.41, 5.74) is 8.30. The fourth-order valence-electron chi connectivity index (χ4n) is 3.10. The van der Waals surface area contributed by atoms with Crippen LogP contribution in [0.3, 0.4) is 0 Å². The molecule has 0 atom stereocenters. The molecule has 0 unspecified atom stereocenters. The van der Waals surface area contributed by atoms with Gasteiger partial charge in [-0.1, -0.05) is 23.8 Å². The smallest absolute Gasteiger partial charge is 0.127 e. The van der Waals surface area contributed by atoms with Crippen LogP contribution in [0.1, 0.15) is 27.8 Å². The molecule has 0 spiro atoms. The molecule has 2 N–H and O–H groups in total. The summed E-state index contributed by atoms with van der Waals surface area (Å²) in [4.78, 5) is 1.77. The number of hydrogen-bond acceptors (Lipinski definition) is 2. The van der Waals surface area contributed by atoms with Crippen LogP contribution in [0.15, 0.2) is 30.3 Å². The summed E-state index contributed by atoms with van der Waals surface area (Å²) in [5, 5.41) is 17.3. The third-order valence-corrected chi connectivity index (χ3v) is 4.27. The second-order valence-corrected chi connectivity index (χ2v) is 6.30. The summed E-state index contributed by atoms with van der Waals surface area (Å²) < 4.78 is 0. The molecule has 3 nitrogen and oxygen atoms in total. The number of benzene rings is 2. The van der Waals surface area contributed by atoms with Crippen LogP contribution in [0.4, 0.5) is 0 Å². The van der Waals surface area contributed by atoms with E-state index in [9.17, 15) is 0 Å². The van der Waals surface area contributed by atoms with E-state index in [1.54, 1.807) is 4.90 Å². The molecule has 0 bridgehead atoms. The van der Waals surface area contributed by atoms with E-state index in [-0.39, 0.29) is 6.61 Å². The Morgan fingerprint density at radius 1 is 1.00 bits per heavy atom. The molecule has 2 aromatic rings. The van der Waals surface area contributed by atoms with E-state index in [0.29, 0.717) is 12.4 Å². The van der Waals surface area contributed by atoms with Gasteiger partial charge in [0.1, 0.15) is 5.84 Å². The highest BCUT2D eigenvalue weighted by Gasteiger charge is 2.13. The van der Waals surface area contributed by atoms with Crippen molar-refractivity contribution in [2.24, 2.45) is 0 Å². The van der Waals surface area contributed by atoms with Gasteiger partial charge in [-0.05, 0) is 67.6 Å². The van der Waals surface area contributed by atoms with Crippen molar-refractivity contribution in [1.29, 1.82) is 5.41 Å². The first kappa shape index (κ1) is 17.2. The van der Waals surface area contributed by atoms with Crippen molar-refractivity contribution in [3.63, 3.8) is 0 Å². The van der Waals surface area contributed by atoms with Crippen LogP contribution in [0.5, 0.6) is 0 Å². The first-order valence-corrected chi connectivity index (χ1v) is 7.95. The number of rotatable bonds is 4. The average molecular weight is 310 g/mol. The molecule has 0 aliphatic heterocycles. The fraction of sp³-hybridized carbons (Fsp3) is 0.350. The van der Waals surface area contributed by atoms with E-state index in [0.717, 1.165) is 5.56 Å². The zero-order valence-electron chi connectivity index (χ0n) is 14.7. The van der Waals surface area contributed by atoms with Crippen LogP contribution < -0.4 is 0 Å². The third kappa shape index (κ3) is 3.62. The summed E-state index contributed by atoms with van der Waals surface area (Å²) in [7, 11) is 1.83. The van der Waals surface area contributed by atoms with Gasteiger partial charge in [-0.2, -0.15) is 0 Å². The Bertz CT molecular complexity index is 711. The first-order valence-electron chi connectivity index (χ1n) is 7.95. The molecule has 0 radical (unpaired) electrons. The molecule has 3 heteroatoms. The van der Waals surface area contributed by atoms with Gasteiger partial charge in [0, 0.05) is 19.2 Å².